The Bertz CT molecular complexity index is 440. The van der Waals surface area contributed by atoms with Crippen LogP contribution in [0, 0.1) is 5.41 Å². The van der Waals surface area contributed by atoms with Crippen molar-refractivity contribution in [1.82, 2.24) is 0 Å². The van der Waals surface area contributed by atoms with E-state index in [-0.39, 0.29) is 11.3 Å². The van der Waals surface area contributed by atoms with E-state index in [9.17, 15) is 4.79 Å². The van der Waals surface area contributed by atoms with Gasteiger partial charge in [0.1, 0.15) is 0 Å². The molecule has 0 unspecified atom stereocenters. The maximum absolute atomic E-state index is 11.9. The number of rotatable bonds is 0. The van der Waals surface area contributed by atoms with Gasteiger partial charge in [-0.2, -0.15) is 0 Å². The lowest BCUT2D eigenvalue weighted by Gasteiger charge is -2.09. The zero-order chi connectivity index (χ0) is 10.5. The lowest BCUT2D eigenvalue weighted by molar-refractivity contribution is -0.120. The van der Waals surface area contributed by atoms with E-state index in [1.165, 1.54) is 0 Å². The van der Waals surface area contributed by atoms with Gasteiger partial charge in [-0.1, -0.05) is 6.07 Å². The van der Waals surface area contributed by atoms with Crippen LogP contribution in [0.25, 0.3) is 0 Å². The van der Waals surface area contributed by atoms with Gasteiger partial charge in [0.05, 0.1) is 16.8 Å². The largest absolute Gasteiger partial charge is 0.382 e. The molecule has 0 saturated heterocycles. The van der Waals surface area contributed by atoms with Crippen molar-refractivity contribution in [3.63, 3.8) is 0 Å². The minimum Gasteiger partial charge on any atom is -0.382 e. The number of hydrogen-bond donors (Lipinski definition) is 2. The summed E-state index contributed by atoms with van der Waals surface area (Å²) in [7, 11) is 0. The first-order valence-electron chi connectivity index (χ1n) is 5.05. The summed E-state index contributed by atoms with van der Waals surface area (Å²) in [5.41, 5.74) is 1.73. The van der Waals surface area contributed by atoms with Crippen LogP contribution in [0.3, 0.4) is 0 Å². The Morgan fingerprint density at radius 2 is 2.13 bits per heavy atom. The number of nitrogens with one attached hydrogen (secondary N) is 2. The summed E-state index contributed by atoms with van der Waals surface area (Å²) >= 11 is 3.45. The first-order chi connectivity index (χ1) is 7.21. The maximum Gasteiger partial charge on any atom is 0.232 e. The lowest BCUT2D eigenvalue weighted by Crippen LogP contribution is -2.27. The molecular formula is C11H11BrN2O. The minimum atomic E-state index is -0.140. The average molecular weight is 267 g/mol. The molecule has 15 heavy (non-hydrogen) atoms. The fraction of sp³-hybridized carbons (Fsp3) is 0.364. The number of carbonyl (C=O) groups excluding carboxylic acids is 1. The quantitative estimate of drug-likeness (QED) is 0.758. The van der Waals surface area contributed by atoms with Gasteiger partial charge in [-0.3, -0.25) is 4.79 Å². The van der Waals surface area contributed by atoms with Gasteiger partial charge in [-0.15, -0.1) is 0 Å². The molecule has 1 aromatic carbocycles. The Kier molecular flexibility index (Phi) is 1.83. The molecule has 1 saturated carbocycles. The number of halogens is 1. The predicted molar refractivity (Wildman–Crippen MR) is 62.9 cm³/mol. The second-order valence-electron chi connectivity index (χ2n) is 4.25. The van der Waals surface area contributed by atoms with Crippen molar-refractivity contribution < 1.29 is 4.79 Å². The van der Waals surface area contributed by atoms with Crippen LogP contribution in [0.15, 0.2) is 22.7 Å². The molecule has 1 amide bonds. The summed E-state index contributed by atoms with van der Waals surface area (Å²) < 4.78 is 0.929. The van der Waals surface area contributed by atoms with E-state index in [2.05, 4.69) is 26.6 Å². The van der Waals surface area contributed by atoms with Gasteiger partial charge in [0.25, 0.3) is 0 Å². The normalized spacial score (nSPS) is 21.3. The number of amides is 1. The number of anilines is 2. The highest BCUT2D eigenvalue weighted by molar-refractivity contribution is 9.10. The third kappa shape index (κ3) is 1.35. The van der Waals surface area contributed by atoms with E-state index < -0.39 is 0 Å². The molecule has 2 N–H and O–H groups in total. The van der Waals surface area contributed by atoms with Crippen LogP contribution in [0.5, 0.6) is 0 Å². The van der Waals surface area contributed by atoms with Crippen LogP contribution < -0.4 is 10.6 Å². The SMILES string of the molecule is O=C1Nc2c(Br)cccc2NCC12CC2. The van der Waals surface area contributed by atoms with Crippen molar-refractivity contribution in [1.29, 1.82) is 0 Å². The molecular weight excluding hydrogens is 256 g/mol. The van der Waals surface area contributed by atoms with Crippen molar-refractivity contribution in [2.45, 2.75) is 12.8 Å². The molecule has 3 nitrogen and oxygen atoms in total. The Morgan fingerprint density at radius 3 is 2.87 bits per heavy atom. The maximum atomic E-state index is 11.9. The molecule has 0 atom stereocenters. The lowest BCUT2D eigenvalue weighted by atomic mass is 10.1. The topological polar surface area (TPSA) is 41.1 Å². The third-order valence-corrected chi connectivity index (χ3v) is 3.87. The third-order valence-electron chi connectivity index (χ3n) is 3.20. The molecule has 0 aromatic heterocycles. The van der Waals surface area contributed by atoms with E-state index >= 15 is 0 Å². The molecule has 0 radical (unpaired) electrons. The Labute approximate surface area is 96.4 Å². The molecule has 78 valence electrons. The smallest absolute Gasteiger partial charge is 0.232 e. The van der Waals surface area contributed by atoms with E-state index in [4.69, 9.17) is 0 Å². The number of para-hydroxylation sites is 1. The average Bonchev–Trinajstić information content (AvgIpc) is 3.00. The monoisotopic (exact) mass is 266 g/mol. The fourth-order valence-corrected chi connectivity index (χ4v) is 2.41. The number of hydrogen-bond acceptors (Lipinski definition) is 2. The second kappa shape index (κ2) is 2.98. The van der Waals surface area contributed by atoms with Crippen molar-refractivity contribution in [3.8, 4) is 0 Å². The first kappa shape index (κ1) is 9.21. The van der Waals surface area contributed by atoms with Crippen molar-refractivity contribution in [2.24, 2.45) is 5.41 Å². The zero-order valence-corrected chi connectivity index (χ0v) is 9.73. The first-order valence-corrected chi connectivity index (χ1v) is 5.84. The van der Waals surface area contributed by atoms with Gasteiger partial charge >= 0.3 is 0 Å². The minimum absolute atomic E-state index is 0.140. The van der Waals surface area contributed by atoms with Gasteiger partial charge in [-0.25, -0.2) is 0 Å². The van der Waals surface area contributed by atoms with E-state index in [0.717, 1.165) is 35.2 Å². The molecule has 3 rings (SSSR count). The molecule has 0 bridgehead atoms. The summed E-state index contributed by atoms with van der Waals surface area (Å²) in [5, 5.41) is 6.33. The van der Waals surface area contributed by atoms with E-state index in [1.807, 2.05) is 18.2 Å². The van der Waals surface area contributed by atoms with Gasteiger partial charge < -0.3 is 10.6 Å². The van der Waals surface area contributed by atoms with Gasteiger partial charge in [0.2, 0.25) is 5.91 Å². The van der Waals surface area contributed by atoms with Gasteiger partial charge in [0, 0.05) is 11.0 Å². The molecule has 1 spiro atoms. The van der Waals surface area contributed by atoms with Crippen molar-refractivity contribution >= 4 is 33.2 Å². The summed E-state index contributed by atoms with van der Waals surface area (Å²) in [6.45, 7) is 0.752. The van der Waals surface area contributed by atoms with Crippen LogP contribution in [0.1, 0.15) is 12.8 Å². The second-order valence-corrected chi connectivity index (χ2v) is 5.10. The van der Waals surface area contributed by atoms with Crippen molar-refractivity contribution in [3.05, 3.63) is 22.7 Å². The Hall–Kier alpha value is -1.03. The van der Waals surface area contributed by atoms with E-state index in [1.54, 1.807) is 0 Å². The predicted octanol–water partition coefficient (Wildman–Crippen LogP) is 2.59. The number of fused-ring (bicyclic) bond motifs is 1. The summed E-state index contributed by atoms with van der Waals surface area (Å²) in [5.74, 6) is 0.153. The number of benzene rings is 1. The molecule has 1 aromatic rings. The highest BCUT2D eigenvalue weighted by Crippen LogP contribution is 2.49. The van der Waals surface area contributed by atoms with Crippen LogP contribution in [-0.4, -0.2) is 12.5 Å². The number of carbonyl (C=O) groups is 1. The van der Waals surface area contributed by atoms with E-state index in [0.29, 0.717) is 0 Å². The summed E-state index contributed by atoms with van der Waals surface area (Å²) in [6.07, 6.45) is 1.99. The Balaban J connectivity index is 2.04. The van der Waals surface area contributed by atoms with Crippen LogP contribution in [-0.2, 0) is 4.79 Å². The highest BCUT2D eigenvalue weighted by atomic mass is 79.9. The summed E-state index contributed by atoms with van der Waals surface area (Å²) in [4.78, 5) is 11.9. The standard InChI is InChI=1S/C11H11BrN2O/c12-7-2-1-3-8-9(7)14-10(15)11(4-5-11)6-13-8/h1-3,13H,4-6H2,(H,14,15). The van der Waals surface area contributed by atoms with Crippen LogP contribution in [0.4, 0.5) is 11.4 Å². The van der Waals surface area contributed by atoms with Crippen molar-refractivity contribution in [2.75, 3.05) is 17.2 Å². The molecule has 1 fully saturated rings. The van der Waals surface area contributed by atoms with Crippen LogP contribution in [0.2, 0.25) is 0 Å². The molecule has 2 aliphatic rings. The molecule has 1 aliphatic heterocycles. The molecule has 1 heterocycles. The molecule has 1 aliphatic carbocycles. The zero-order valence-electron chi connectivity index (χ0n) is 8.14. The van der Waals surface area contributed by atoms with Crippen LogP contribution >= 0.6 is 15.9 Å². The summed E-state index contributed by atoms with van der Waals surface area (Å²) in [6, 6.07) is 5.89. The highest BCUT2D eigenvalue weighted by Gasteiger charge is 2.50. The fourth-order valence-electron chi connectivity index (χ4n) is 1.94. The molecule has 4 heteroatoms. The van der Waals surface area contributed by atoms with Gasteiger partial charge in [0.15, 0.2) is 0 Å². The van der Waals surface area contributed by atoms with Gasteiger partial charge in [-0.05, 0) is 40.9 Å². The Morgan fingerprint density at radius 1 is 1.33 bits per heavy atom.